The van der Waals surface area contributed by atoms with Crippen LogP contribution in [0.1, 0.15) is 47.4 Å². The van der Waals surface area contributed by atoms with Gasteiger partial charge in [0.2, 0.25) is 0 Å². The second kappa shape index (κ2) is 7.00. The first kappa shape index (κ1) is 16.4. The Morgan fingerprint density at radius 2 is 1.29 bits per heavy atom. The van der Waals surface area contributed by atoms with Crippen LogP contribution in [0, 0.1) is 5.92 Å². The van der Waals surface area contributed by atoms with Gasteiger partial charge in [-0.1, -0.05) is 36.4 Å². The molecule has 3 nitrogen and oxygen atoms in total. The molecule has 124 valence electrons. The fourth-order valence-electron chi connectivity index (χ4n) is 2.91. The van der Waals surface area contributed by atoms with Crippen molar-refractivity contribution in [2.24, 2.45) is 5.92 Å². The minimum atomic E-state index is 0.0666. The lowest BCUT2D eigenvalue weighted by Crippen LogP contribution is -2.30. The fourth-order valence-corrected chi connectivity index (χ4v) is 2.91. The van der Waals surface area contributed by atoms with Crippen molar-refractivity contribution in [1.29, 1.82) is 0 Å². The van der Waals surface area contributed by atoms with Crippen LogP contribution in [0.2, 0.25) is 0 Å². The molecule has 0 aliphatic heterocycles. The van der Waals surface area contributed by atoms with E-state index in [9.17, 15) is 9.59 Å². The molecule has 0 spiro atoms. The van der Waals surface area contributed by atoms with E-state index in [1.165, 1.54) is 0 Å². The molecule has 0 heterocycles. The van der Waals surface area contributed by atoms with E-state index in [0.29, 0.717) is 18.7 Å². The summed E-state index contributed by atoms with van der Waals surface area (Å²) in [4.78, 5) is 26.2. The Labute approximate surface area is 143 Å². The van der Waals surface area contributed by atoms with Gasteiger partial charge in [0, 0.05) is 30.1 Å². The number of nitrogens with zero attached hydrogens (tertiary/aromatic N) is 1. The van der Waals surface area contributed by atoms with Gasteiger partial charge in [0.15, 0.2) is 5.78 Å². The Balaban J connectivity index is 1.75. The molecular formula is C21H23NO2. The number of rotatable bonds is 6. The minimum absolute atomic E-state index is 0.0666. The number of amides is 1. The zero-order valence-corrected chi connectivity index (χ0v) is 14.3. The van der Waals surface area contributed by atoms with E-state index in [0.717, 1.165) is 29.5 Å². The number of carbonyl (C=O) groups is 2. The second-order valence-corrected chi connectivity index (χ2v) is 6.27. The summed E-state index contributed by atoms with van der Waals surface area (Å²) >= 11 is 0. The smallest absolute Gasteiger partial charge is 0.253 e. The van der Waals surface area contributed by atoms with E-state index in [1.807, 2.05) is 67.3 Å². The maximum atomic E-state index is 12.3. The number of hydrogen-bond donors (Lipinski definition) is 0. The topological polar surface area (TPSA) is 37.4 Å². The average Bonchev–Trinajstić information content (AvgIpc) is 3.47. The first-order chi connectivity index (χ1) is 11.6. The van der Waals surface area contributed by atoms with Crippen molar-refractivity contribution < 1.29 is 9.59 Å². The van der Waals surface area contributed by atoms with Gasteiger partial charge in [-0.2, -0.15) is 0 Å². The number of carbonyl (C=O) groups excluding carboxylic acids is 2. The van der Waals surface area contributed by atoms with E-state index in [2.05, 4.69) is 0 Å². The predicted octanol–water partition coefficient (Wildman–Crippen LogP) is 4.43. The lowest BCUT2D eigenvalue weighted by molar-refractivity contribution is 0.0772. The van der Waals surface area contributed by atoms with Crippen molar-refractivity contribution in [2.45, 2.75) is 26.7 Å². The highest BCUT2D eigenvalue weighted by Gasteiger charge is 2.30. The molecule has 1 amide bonds. The molecule has 3 heteroatoms. The van der Waals surface area contributed by atoms with E-state index >= 15 is 0 Å². The third kappa shape index (κ3) is 3.40. The van der Waals surface area contributed by atoms with Gasteiger partial charge in [-0.25, -0.2) is 0 Å². The summed E-state index contributed by atoms with van der Waals surface area (Å²) in [6.07, 6.45) is 2.06. The van der Waals surface area contributed by atoms with Crippen molar-refractivity contribution in [3.8, 4) is 11.1 Å². The summed E-state index contributed by atoms with van der Waals surface area (Å²) in [5.74, 6) is 0.583. The highest BCUT2D eigenvalue weighted by atomic mass is 16.2. The number of ketones is 1. The fraction of sp³-hybridized carbons (Fsp3) is 0.333. The maximum Gasteiger partial charge on any atom is 0.253 e. The van der Waals surface area contributed by atoms with Crippen LogP contribution in [0.5, 0.6) is 0 Å². The standard InChI is InChI=1S/C21H23NO2/c1-3-22(4-2)21(24)19-13-7-16(8-14-19)15-5-9-17(10-6-15)20(23)18-11-12-18/h5-10,13-14,18H,3-4,11-12H2,1-2H3. The molecule has 2 aromatic carbocycles. The molecule has 0 saturated heterocycles. The summed E-state index contributed by atoms with van der Waals surface area (Å²) in [6.45, 7) is 5.40. The quantitative estimate of drug-likeness (QED) is 0.738. The molecule has 0 N–H and O–H groups in total. The first-order valence-electron chi connectivity index (χ1n) is 8.68. The Morgan fingerprint density at radius 3 is 1.71 bits per heavy atom. The van der Waals surface area contributed by atoms with Crippen molar-refractivity contribution in [3.63, 3.8) is 0 Å². The summed E-state index contributed by atoms with van der Waals surface area (Å²) in [6, 6.07) is 15.5. The first-order valence-corrected chi connectivity index (χ1v) is 8.68. The zero-order chi connectivity index (χ0) is 17.1. The molecule has 1 aliphatic carbocycles. The minimum Gasteiger partial charge on any atom is -0.339 e. The lowest BCUT2D eigenvalue weighted by Gasteiger charge is -2.18. The number of hydrogen-bond acceptors (Lipinski definition) is 2. The second-order valence-electron chi connectivity index (χ2n) is 6.27. The van der Waals surface area contributed by atoms with Crippen LogP contribution in [0.15, 0.2) is 48.5 Å². The third-order valence-corrected chi connectivity index (χ3v) is 4.63. The van der Waals surface area contributed by atoms with Gasteiger partial charge in [0.25, 0.3) is 5.91 Å². The monoisotopic (exact) mass is 321 g/mol. The molecular weight excluding hydrogens is 298 g/mol. The highest BCUT2D eigenvalue weighted by Crippen LogP contribution is 2.33. The molecule has 0 unspecified atom stereocenters. The Hall–Kier alpha value is -2.42. The molecule has 1 fully saturated rings. The van der Waals surface area contributed by atoms with Crippen LogP contribution in [-0.2, 0) is 0 Å². The molecule has 3 rings (SSSR count). The van der Waals surface area contributed by atoms with Crippen LogP contribution in [0.3, 0.4) is 0 Å². The van der Waals surface area contributed by atoms with Crippen molar-refractivity contribution in [3.05, 3.63) is 59.7 Å². The summed E-state index contributed by atoms with van der Waals surface area (Å²) in [5.41, 5.74) is 3.62. The summed E-state index contributed by atoms with van der Waals surface area (Å²) < 4.78 is 0. The van der Waals surface area contributed by atoms with Gasteiger partial charge in [-0.05, 0) is 49.9 Å². The van der Waals surface area contributed by atoms with Crippen LogP contribution in [0.4, 0.5) is 0 Å². The molecule has 2 aromatic rings. The summed E-state index contributed by atoms with van der Waals surface area (Å²) in [5, 5.41) is 0. The molecule has 0 radical (unpaired) electrons. The lowest BCUT2D eigenvalue weighted by atomic mass is 10.00. The molecule has 0 bridgehead atoms. The zero-order valence-electron chi connectivity index (χ0n) is 14.3. The number of benzene rings is 2. The van der Waals surface area contributed by atoms with E-state index < -0.39 is 0 Å². The molecule has 0 aromatic heterocycles. The Kier molecular flexibility index (Phi) is 4.79. The number of Topliss-reactive ketones (excluding diaryl/α,β-unsaturated/α-hetero) is 1. The maximum absolute atomic E-state index is 12.3. The molecule has 1 aliphatic rings. The normalized spacial score (nSPS) is 13.6. The largest absolute Gasteiger partial charge is 0.339 e. The Bertz CT molecular complexity index is 723. The van der Waals surface area contributed by atoms with Gasteiger partial charge < -0.3 is 4.90 Å². The SMILES string of the molecule is CCN(CC)C(=O)c1ccc(-c2ccc(C(=O)C3CC3)cc2)cc1. The van der Waals surface area contributed by atoms with Gasteiger partial charge >= 0.3 is 0 Å². The van der Waals surface area contributed by atoms with Gasteiger partial charge in [0.1, 0.15) is 0 Å². The van der Waals surface area contributed by atoms with Gasteiger partial charge in [-0.3, -0.25) is 9.59 Å². The highest BCUT2D eigenvalue weighted by molar-refractivity contribution is 5.99. The van der Waals surface area contributed by atoms with Crippen molar-refractivity contribution in [2.75, 3.05) is 13.1 Å². The van der Waals surface area contributed by atoms with Gasteiger partial charge in [0.05, 0.1) is 0 Å². The summed E-state index contributed by atoms with van der Waals surface area (Å²) in [7, 11) is 0. The average molecular weight is 321 g/mol. The Morgan fingerprint density at radius 1 is 0.833 bits per heavy atom. The van der Waals surface area contributed by atoms with Crippen LogP contribution >= 0.6 is 0 Å². The van der Waals surface area contributed by atoms with Crippen molar-refractivity contribution >= 4 is 11.7 Å². The van der Waals surface area contributed by atoms with Crippen LogP contribution < -0.4 is 0 Å². The molecule has 0 atom stereocenters. The molecule has 1 saturated carbocycles. The van der Waals surface area contributed by atoms with E-state index in [-0.39, 0.29) is 17.6 Å². The third-order valence-electron chi connectivity index (χ3n) is 4.63. The van der Waals surface area contributed by atoms with Gasteiger partial charge in [-0.15, -0.1) is 0 Å². The van der Waals surface area contributed by atoms with Crippen molar-refractivity contribution in [1.82, 2.24) is 4.90 Å². The van der Waals surface area contributed by atoms with E-state index in [1.54, 1.807) is 0 Å². The molecule has 24 heavy (non-hydrogen) atoms. The van der Waals surface area contributed by atoms with Crippen LogP contribution in [-0.4, -0.2) is 29.7 Å². The van der Waals surface area contributed by atoms with E-state index in [4.69, 9.17) is 0 Å². The predicted molar refractivity (Wildman–Crippen MR) is 96.2 cm³/mol. The van der Waals surface area contributed by atoms with Crippen LogP contribution in [0.25, 0.3) is 11.1 Å².